The second kappa shape index (κ2) is 4.24. The second-order valence-electron chi connectivity index (χ2n) is 4.43. The molecule has 0 bridgehead atoms. The number of hydrogen-bond acceptors (Lipinski definition) is 2. The van der Waals surface area contributed by atoms with Gasteiger partial charge < -0.3 is 5.32 Å². The Kier molecular flexibility index (Phi) is 2.59. The van der Waals surface area contributed by atoms with E-state index in [2.05, 4.69) is 41.6 Å². The molecule has 1 N–H and O–H groups in total. The molecule has 1 aliphatic heterocycles. The van der Waals surface area contributed by atoms with Crippen molar-refractivity contribution in [2.24, 2.45) is 0 Å². The minimum atomic E-state index is 0.914. The van der Waals surface area contributed by atoms with Crippen molar-refractivity contribution in [3.8, 4) is 11.3 Å². The van der Waals surface area contributed by atoms with Gasteiger partial charge in [0.15, 0.2) is 0 Å². The Labute approximate surface area is 101 Å². The van der Waals surface area contributed by atoms with Crippen LogP contribution >= 0.6 is 0 Å². The molecule has 88 valence electrons. The molecule has 0 unspecified atom stereocenters. The zero-order valence-corrected chi connectivity index (χ0v) is 10.1. The Morgan fingerprint density at radius 2 is 2.29 bits per heavy atom. The molecule has 3 heteroatoms. The number of aryl methyl sites for hydroxylation is 2. The molecule has 0 aliphatic carbocycles. The third-order valence-corrected chi connectivity index (χ3v) is 3.36. The Morgan fingerprint density at radius 1 is 1.35 bits per heavy atom. The van der Waals surface area contributed by atoms with E-state index in [4.69, 9.17) is 0 Å². The predicted octanol–water partition coefficient (Wildman–Crippen LogP) is 2.93. The first-order valence-corrected chi connectivity index (χ1v) is 6.27. The summed E-state index contributed by atoms with van der Waals surface area (Å²) < 4.78 is 2.04. The fourth-order valence-corrected chi connectivity index (χ4v) is 2.46. The fraction of sp³-hybridized carbons (Fsp3) is 0.357. The molecular weight excluding hydrogens is 210 g/mol. The van der Waals surface area contributed by atoms with Crippen LogP contribution in [0, 0.1) is 0 Å². The van der Waals surface area contributed by atoms with Gasteiger partial charge >= 0.3 is 0 Å². The van der Waals surface area contributed by atoms with Crippen molar-refractivity contribution in [1.29, 1.82) is 0 Å². The van der Waals surface area contributed by atoms with Crippen LogP contribution in [0.1, 0.15) is 18.9 Å². The summed E-state index contributed by atoms with van der Waals surface area (Å²) in [7, 11) is 0. The van der Waals surface area contributed by atoms with E-state index >= 15 is 0 Å². The Morgan fingerprint density at radius 3 is 3.18 bits per heavy atom. The molecule has 0 spiro atoms. The van der Waals surface area contributed by atoms with Crippen LogP contribution in [0.4, 0.5) is 5.69 Å². The van der Waals surface area contributed by atoms with Crippen molar-refractivity contribution < 1.29 is 0 Å². The zero-order valence-electron chi connectivity index (χ0n) is 10.1. The molecule has 17 heavy (non-hydrogen) atoms. The standard InChI is InChI=1S/C14H17N3/c1-2-17-14(7-9-16-17)12-5-6-13-11(10-12)4-3-8-15-13/h5-7,9-10,15H,2-4,8H2,1H3. The Balaban J connectivity index is 2.04. The van der Waals surface area contributed by atoms with Crippen LogP contribution in [0.25, 0.3) is 11.3 Å². The van der Waals surface area contributed by atoms with Gasteiger partial charge in [-0.3, -0.25) is 4.68 Å². The van der Waals surface area contributed by atoms with Crippen LogP contribution in [-0.4, -0.2) is 16.3 Å². The van der Waals surface area contributed by atoms with Crippen molar-refractivity contribution in [3.63, 3.8) is 0 Å². The first-order valence-electron chi connectivity index (χ1n) is 6.27. The van der Waals surface area contributed by atoms with Crippen molar-refractivity contribution in [1.82, 2.24) is 9.78 Å². The average molecular weight is 227 g/mol. The maximum atomic E-state index is 4.32. The summed E-state index contributed by atoms with van der Waals surface area (Å²) in [5.74, 6) is 0. The summed E-state index contributed by atoms with van der Waals surface area (Å²) in [5.41, 5.74) is 5.20. The molecule has 0 saturated carbocycles. The van der Waals surface area contributed by atoms with E-state index in [1.54, 1.807) is 0 Å². The number of nitrogens with one attached hydrogen (secondary N) is 1. The van der Waals surface area contributed by atoms with Crippen LogP contribution in [-0.2, 0) is 13.0 Å². The summed E-state index contributed by atoms with van der Waals surface area (Å²) in [6.07, 6.45) is 4.27. The summed E-state index contributed by atoms with van der Waals surface area (Å²) in [5, 5.41) is 7.77. The fourth-order valence-electron chi connectivity index (χ4n) is 2.46. The van der Waals surface area contributed by atoms with Gasteiger partial charge in [0.05, 0.1) is 5.69 Å². The molecule has 1 aromatic carbocycles. The van der Waals surface area contributed by atoms with Gasteiger partial charge in [-0.1, -0.05) is 6.07 Å². The van der Waals surface area contributed by atoms with Crippen LogP contribution in [0.3, 0.4) is 0 Å². The van der Waals surface area contributed by atoms with E-state index < -0.39 is 0 Å². The molecule has 0 saturated heterocycles. The highest BCUT2D eigenvalue weighted by atomic mass is 15.3. The van der Waals surface area contributed by atoms with E-state index in [-0.39, 0.29) is 0 Å². The van der Waals surface area contributed by atoms with Crippen molar-refractivity contribution >= 4 is 5.69 Å². The van der Waals surface area contributed by atoms with Crippen molar-refractivity contribution in [2.45, 2.75) is 26.3 Å². The minimum absolute atomic E-state index is 0.914. The monoisotopic (exact) mass is 227 g/mol. The average Bonchev–Trinajstić information content (AvgIpc) is 2.86. The van der Waals surface area contributed by atoms with E-state index in [1.165, 1.54) is 35.3 Å². The summed E-state index contributed by atoms with van der Waals surface area (Å²) in [6.45, 7) is 4.13. The zero-order chi connectivity index (χ0) is 11.7. The summed E-state index contributed by atoms with van der Waals surface area (Å²) >= 11 is 0. The number of nitrogens with zero attached hydrogens (tertiary/aromatic N) is 2. The van der Waals surface area contributed by atoms with E-state index in [9.17, 15) is 0 Å². The number of anilines is 1. The highest BCUT2D eigenvalue weighted by molar-refractivity contribution is 5.66. The van der Waals surface area contributed by atoms with Gasteiger partial charge in [0.1, 0.15) is 0 Å². The quantitative estimate of drug-likeness (QED) is 0.855. The smallest absolute Gasteiger partial charge is 0.0682 e. The molecule has 0 atom stereocenters. The van der Waals surface area contributed by atoms with Gasteiger partial charge in [-0.25, -0.2) is 0 Å². The van der Waals surface area contributed by atoms with Crippen LogP contribution in [0.5, 0.6) is 0 Å². The van der Waals surface area contributed by atoms with Gasteiger partial charge in [-0.15, -0.1) is 0 Å². The molecular formula is C14H17N3. The number of rotatable bonds is 2. The minimum Gasteiger partial charge on any atom is -0.385 e. The SMILES string of the molecule is CCn1nccc1-c1ccc2c(c1)CCCN2. The molecule has 1 aromatic heterocycles. The largest absolute Gasteiger partial charge is 0.385 e. The summed E-state index contributed by atoms with van der Waals surface area (Å²) in [4.78, 5) is 0. The molecule has 0 fully saturated rings. The third kappa shape index (κ3) is 1.82. The van der Waals surface area contributed by atoms with Crippen molar-refractivity contribution in [2.75, 3.05) is 11.9 Å². The number of benzene rings is 1. The lowest BCUT2D eigenvalue weighted by Crippen LogP contribution is -2.11. The molecule has 0 amide bonds. The maximum Gasteiger partial charge on any atom is 0.0682 e. The first kappa shape index (κ1) is 10.4. The molecule has 1 aliphatic rings. The Bertz CT molecular complexity index is 528. The van der Waals surface area contributed by atoms with Crippen LogP contribution < -0.4 is 5.32 Å². The molecule has 3 rings (SSSR count). The van der Waals surface area contributed by atoms with Gasteiger partial charge in [0.2, 0.25) is 0 Å². The van der Waals surface area contributed by atoms with Crippen LogP contribution in [0.15, 0.2) is 30.5 Å². The lowest BCUT2D eigenvalue weighted by Gasteiger charge is -2.18. The predicted molar refractivity (Wildman–Crippen MR) is 70.1 cm³/mol. The normalized spacial score (nSPS) is 14.2. The van der Waals surface area contributed by atoms with Gasteiger partial charge in [-0.05, 0) is 43.5 Å². The molecule has 2 aromatic rings. The van der Waals surface area contributed by atoms with Crippen LogP contribution in [0.2, 0.25) is 0 Å². The number of hydrogen-bond donors (Lipinski definition) is 1. The van der Waals surface area contributed by atoms with E-state index in [0.29, 0.717) is 0 Å². The number of aromatic nitrogens is 2. The second-order valence-corrected chi connectivity index (χ2v) is 4.43. The molecule has 2 heterocycles. The molecule has 3 nitrogen and oxygen atoms in total. The Hall–Kier alpha value is -1.77. The highest BCUT2D eigenvalue weighted by Crippen LogP contribution is 2.28. The van der Waals surface area contributed by atoms with E-state index in [1.807, 2.05) is 10.9 Å². The van der Waals surface area contributed by atoms with Gasteiger partial charge in [-0.2, -0.15) is 5.10 Å². The third-order valence-electron chi connectivity index (χ3n) is 3.36. The lowest BCUT2D eigenvalue weighted by molar-refractivity contribution is 0.667. The maximum absolute atomic E-state index is 4.32. The van der Waals surface area contributed by atoms with Crippen molar-refractivity contribution in [3.05, 3.63) is 36.0 Å². The van der Waals surface area contributed by atoms with E-state index in [0.717, 1.165) is 13.1 Å². The lowest BCUT2D eigenvalue weighted by atomic mass is 9.99. The van der Waals surface area contributed by atoms with Gasteiger partial charge in [0.25, 0.3) is 0 Å². The first-order chi connectivity index (χ1) is 8.38. The van der Waals surface area contributed by atoms with Gasteiger partial charge in [0, 0.05) is 30.5 Å². The highest BCUT2D eigenvalue weighted by Gasteiger charge is 2.11. The molecule has 0 radical (unpaired) electrons. The summed E-state index contributed by atoms with van der Waals surface area (Å²) in [6, 6.07) is 8.75. The number of fused-ring (bicyclic) bond motifs is 1. The topological polar surface area (TPSA) is 29.9 Å².